The average Bonchev–Trinajstić information content (AvgIpc) is 3.43. The average molecular weight is 884 g/mol. The molecular formula is C69H41N. The summed E-state index contributed by atoms with van der Waals surface area (Å²) in [5.41, 5.74) is 11.8. The zero-order valence-corrected chi connectivity index (χ0v) is 38.1. The highest BCUT2D eigenvalue weighted by Gasteiger charge is 2.22. The van der Waals surface area contributed by atoms with Gasteiger partial charge in [-0.2, -0.15) is 0 Å². The van der Waals surface area contributed by atoms with Crippen molar-refractivity contribution in [1.82, 2.24) is 4.98 Å². The molecule has 0 unspecified atom stereocenters. The molecule has 0 radical (unpaired) electrons. The molecule has 1 heterocycles. The minimum absolute atomic E-state index is 0.959. The summed E-state index contributed by atoms with van der Waals surface area (Å²) in [6, 6.07) is 89.9. The molecule has 1 heteroatoms. The van der Waals surface area contributed by atoms with E-state index in [4.69, 9.17) is 4.98 Å². The molecule has 0 atom stereocenters. The largest absolute Gasteiger partial charge is 0.256 e. The lowest BCUT2D eigenvalue weighted by atomic mass is 9.84. The quantitative estimate of drug-likeness (QED) is 0.124. The standard InChI is InChI=1S/C69H41N/c1-3-14-47-38-50(28-24-42(47)12-1)65-53-18-5-6-19-54(53)66(51-29-25-43-13-2-4-15-48(43)39-51)62-40-49(32-36-61(62)65)52-33-37-63(70-41-52)69-57-22-9-7-20-55(57)68(56-21-8-10-23-58(56)69)60-35-31-46-27-26-44-16-11-17-45-30-34-59(60)67(46)64(44)45/h1-41H. The molecule has 0 aliphatic heterocycles. The predicted octanol–water partition coefficient (Wildman–Crippen LogP) is 19.2. The number of aromatic nitrogens is 1. The van der Waals surface area contributed by atoms with Crippen molar-refractivity contribution in [1.29, 1.82) is 0 Å². The molecule has 1 nitrogen and oxygen atoms in total. The molecule has 15 rings (SSSR count). The molecule has 0 aliphatic rings. The number of benzene rings is 14. The second-order valence-corrected chi connectivity index (χ2v) is 18.9. The molecule has 0 aliphatic carbocycles. The molecular weight excluding hydrogens is 843 g/mol. The SMILES string of the molecule is c1ccc2cc(-c3c4ccccc4c(-c4ccc5ccccc5c4)c4cc(-c5ccc(-c6c7ccccc7c(-c7ccc8ccc9cccc%10ccc7c8c9%10)c7ccccc67)nc5)ccc34)ccc2c1. The van der Waals surface area contributed by atoms with Crippen molar-refractivity contribution in [2.24, 2.45) is 0 Å². The lowest BCUT2D eigenvalue weighted by Crippen LogP contribution is -1.94. The first-order valence-electron chi connectivity index (χ1n) is 24.3. The van der Waals surface area contributed by atoms with Crippen LogP contribution in [0, 0.1) is 0 Å². The van der Waals surface area contributed by atoms with Crippen LogP contribution in [0.2, 0.25) is 0 Å². The summed E-state index contributed by atoms with van der Waals surface area (Å²) in [4.78, 5) is 5.37. The van der Waals surface area contributed by atoms with Crippen LogP contribution >= 0.6 is 0 Å². The number of hydrogen-bond donors (Lipinski definition) is 0. The molecule has 70 heavy (non-hydrogen) atoms. The molecule has 322 valence electrons. The maximum Gasteiger partial charge on any atom is 0.0714 e. The smallest absolute Gasteiger partial charge is 0.0714 e. The molecule has 0 fully saturated rings. The van der Waals surface area contributed by atoms with Crippen LogP contribution in [-0.4, -0.2) is 4.98 Å². The fourth-order valence-corrected chi connectivity index (χ4v) is 12.0. The maximum atomic E-state index is 5.37. The lowest BCUT2D eigenvalue weighted by Gasteiger charge is -2.20. The number of rotatable bonds is 5. The van der Waals surface area contributed by atoms with Crippen LogP contribution < -0.4 is 0 Å². The van der Waals surface area contributed by atoms with E-state index in [9.17, 15) is 0 Å². The normalized spacial score (nSPS) is 12.0. The Bertz CT molecular complexity index is 4560. The van der Waals surface area contributed by atoms with E-state index in [1.807, 2.05) is 0 Å². The van der Waals surface area contributed by atoms with Gasteiger partial charge in [-0.15, -0.1) is 0 Å². The van der Waals surface area contributed by atoms with E-state index in [0.29, 0.717) is 0 Å². The van der Waals surface area contributed by atoms with Crippen molar-refractivity contribution in [2.75, 3.05) is 0 Å². The van der Waals surface area contributed by atoms with Gasteiger partial charge in [0.2, 0.25) is 0 Å². The van der Waals surface area contributed by atoms with Gasteiger partial charge in [0.1, 0.15) is 0 Å². The summed E-state index contributed by atoms with van der Waals surface area (Å²) < 4.78 is 0. The summed E-state index contributed by atoms with van der Waals surface area (Å²) >= 11 is 0. The van der Waals surface area contributed by atoms with Crippen molar-refractivity contribution in [3.8, 4) is 55.8 Å². The van der Waals surface area contributed by atoms with E-state index in [-0.39, 0.29) is 0 Å². The van der Waals surface area contributed by atoms with Crippen LogP contribution in [0.5, 0.6) is 0 Å². The minimum Gasteiger partial charge on any atom is -0.256 e. The zero-order chi connectivity index (χ0) is 45.9. The van der Waals surface area contributed by atoms with Crippen LogP contribution in [-0.2, 0) is 0 Å². The summed E-state index contributed by atoms with van der Waals surface area (Å²) in [5.74, 6) is 0. The predicted molar refractivity (Wildman–Crippen MR) is 300 cm³/mol. The van der Waals surface area contributed by atoms with E-state index in [2.05, 4.69) is 249 Å². The summed E-state index contributed by atoms with van der Waals surface area (Å²) in [5, 5.41) is 22.5. The van der Waals surface area contributed by atoms with E-state index >= 15 is 0 Å². The molecule has 15 aromatic rings. The molecule has 0 spiro atoms. The number of pyridine rings is 1. The second-order valence-electron chi connectivity index (χ2n) is 18.9. The van der Waals surface area contributed by atoms with E-state index in [1.54, 1.807) is 0 Å². The number of hydrogen-bond acceptors (Lipinski definition) is 1. The Kier molecular flexibility index (Phi) is 8.43. The van der Waals surface area contributed by atoms with Crippen molar-refractivity contribution in [3.05, 3.63) is 249 Å². The lowest BCUT2D eigenvalue weighted by molar-refractivity contribution is 1.34. The van der Waals surface area contributed by atoms with E-state index < -0.39 is 0 Å². The summed E-state index contributed by atoms with van der Waals surface area (Å²) in [7, 11) is 0. The zero-order valence-electron chi connectivity index (χ0n) is 38.1. The van der Waals surface area contributed by atoms with Crippen LogP contribution in [0.4, 0.5) is 0 Å². The maximum absolute atomic E-state index is 5.37. The molecule has 0 amide bonds. The molecule has 0 saturated carbocycles. The summed E-state index contributed by atoms with van der Waals surface area (Å²) in [6.07, 6.45) is 2.08. The van der Waals surface area contributed by atoms with E-state index in [1.165, 1.54) is 130 Å². The third-order valence-corrected chi connectivity index (χ3v) is 15.2. The molecule has 14 aromatic carbocycles. The van der Waals surface area contributed by atoms with Gasteiger partial charge in [-0.3, -0.25) is 4.98 Å². The molecule has 0 saturated heterocycles. The highest BCUT2D eigenvalue weighted by atomic mass is 14.7. The van der Waals surface area contributed by atoms with Gasteiger partial charge in [-0.05, 0) is 160 Å². The van der Waals surface area contributed by atoms with Crippen molar-refractivity contribution >= 4 is 97.0 Å². The minimum atomic E-state index is 0.959. The van der Waals surface area contributed by atoms with Gasteiger partial charge in [-0.25, -0.2) is 0 Å². The van der Waals surface area contributed by atoms with Gasteiger partial charge < -0.3 is 0 Å². The third kappa shape index (κ3) is 5.82. The molecule has 0 bridgehead atoms. The highest BCUT2D eigenvalue weighted by Crippen LogP contribution is 2.49. The second kappa shape index (κ2) is 15.2. The number of nitrogens with zero attached hydrogens (tertiary/aromatic N) is 1. The first-order valence-corrected chi connectivity index (χ1v) is 24.3. The monoisotopic (exact) mass is 883 g/mol. The number of fused-ring (bicyclic) bond motifs is 6. The highest BCUT2D eigenvalue weighted by molar-refractivity contribution is 6.29. The van der Waals surface area contributed by atoms with Crippen molar-refractivity contribution < 1.29 is 0 Å². The molecule has 1 aromatic heterocycles. The van der Waals surface area contributed by atoms with E-state index in [0.717, 1.165) is 22.4 Å². The first-order chi connectivity index (χ1) is 34.7. The van der Waals surface area contributed by atoms with Crippen molar-refractivity contribution in [3.63, 3.8) is 0 Å². The molecule has 0 N–H and O–H groups in total. The van der Waals surface area contributed by atoms with Crippen LogP contribution in [0.15, 0.2) is 249 Å². The first kappa shape index (κ1) is 38.9. The Labute approximate surface area is 404 Å². The van der Waals surface area contributed by atoms with Gasteiger partial charge in [0.15, 0.2) is 0 Å². The van der Waals surface area contributed by atoms with Crippen molar-refractivity contribution in [2.45, 2.75) is 0 Å². The topological polar surface area (TPSA) is 12.9 Å². The third-order valence-electron chi connectivity index (χ3n) is 15.2. The summed E-state index contributed by atoms with van der Waals surface area (Å²) in [6.45, 7) is 0. The Morgan fingerprint density at radius 3 is 1.21 bits per heavy atom. The Hall–Kier alpha value is -9.17. The fraction of sp³-hybridized carbons (Fsp3) is 0. The Balaban J connectivity index is 0.922. The van der Waals surface area contributed by atoms with Gasteiger partial charge >= 0.3 is 0 Å². The van der Waals surface area contributed by atoms with Crippen LogP contribution in [0.3, 0.4) is 0 Å². The van der Waals surface area contributed by atoms with Gasteiger partial charge in [0.25, 0.3) is 0 Å². The van der Waals surface area contributed by atoms with Gasteiger partial charge in [0, 0.05) is 17.3 Å². The van der Waals surface area contributed by atoms with Crippen LogP contribution in [0.1, 0.15) is 0 Å². The van der Waals surface area contributed by atoms with Crippen LogP contribution in [0.25, 0.3) is 153 Å². The fourth-order valence-electron chi connectivity index (χ4n) is 12.0. The van der Waals surface area contributed by atoms with Gasteiger partial charge in [0.05, 0.1) is 5.69 Å². The Morgan fingerprint density at radius 2 is 0.629 bits per heavy atom. The Morgan fingerprint density at radius 1 is 0.214 bits per heavy atom. The van der Waals surface area contributed by atoms with Gasteiger partial charge in [-0.1, -0.05) is 218 Å².